The van der Waals surface area contributed by atoms with Crippen LogP contribution in [0, 0.1) is 5.92 Å². The zero-order valence-corrected chi connectivity index (χ0v) is 8.02. The van der Waals surface area contributed by atoms with Gasteiger partial charge in [-0.05, 0) is 12.0 Å². The van der Waals surface area contributed by atoms with Crippen LogP contribution >= 0.6 is 0 Å². The molecule has 0 aliphatic carbocycles. The Hall–Kier alpha value is 0.0249. The highest BCUT2D eigenvalue weighted by molar-refractivity contribution is 5.75. The molecule has 0 aliphatic rings. The molecule has 0 unspecified atom stereocenters. The molecule has 0 spiro atoms. The standard InChI is InChI=1S/C5H12.C3H9N.B/c1-4-5(2)3;1-3(2)4;/h5H,4H2,1-3H3;3H,4H2,1-2H3;. The Kier molecular flexibility index (Phi) is 19.5. The van der Waals surface area contributed by atoms with Crippen molar-refractivity contribution in [2.45, 2.75) is 47.1 Å². The second-order valence-electron chi connectivity index (χ2n) is 3.05. The van der Waals surface area contributed by atoms with Crippen molar-refractivity contribution >= 4 is 8.41 Å². The van der Waals surface area contributed by atoms with E-state index in [1.807, 2.05) is 13.8 Å². The van der Waals surface area contributed by atoms with Gasteiger partial charge in [-0.2, -0.15) is 0 Å². The van der Waals surface area contributed by atoms with Crippen LogP contribution in [-0.2, 0) is 0 Å². The van der Waals surface area contributed by atoms with Crippen molar-refractivity contribution in [3.05, 3.63) is 0 Å². The third kappa shape index (κ3) is 96.6. The summed E-state index contributed by atoms with van der Waals surface area (Å²) >= 11 is 0. The van der Waals surface area contributed by atoms with Gasteiger partial charge in [0.05, 0.1) is 0 Å². The molecule has 2 N–H and O–H groups in total. The van der Waals surface area contributed by atoms with Gasteiger partial charge in [-0.1, -0.05) is 41.0 Å². The Bertz CT molecular complexity index is 41.8. The second-order valence-corrected chi connectivity index (χ2v) is 3.05. The van der Waals surface area contributed by atoms with E-state index in [9.17, 15) is 0 Å². The van der Waals surface area contributed by atoms with Gasteiger partial charge in [-0.15, -0.1) is 0 Å². The maximum Gasteiger partial charge on any atom is 0 e. The van der Waals surface area contributed by atoms with E-state index in [1.165, 1.54) is 6.42 Å². The molecule has 0 atom stereocenters. The average Bonchev–Trinajstić information content (AvgIpc) is 1.65. The van der Waals surface area contributed by atoms with Gasteiger partial charge in [-0.25, -0.2) is 0 Å². The molecule has 0 heterocycles. The van der Waals surface area contributed by atoms with Crippen LogP contribution in [0.1, 0.15) is 41.0 Å². The summed E-state index contributed by atoms with van der Waals surface area (Å²) in [6, 6.07) is 0.333. The predicted molar refractivity (Wildman–Crippen MR) is 50.2 cm³/mol. The Morgan fingerprint density at radius 2 is 1.20 bits per heavy atom. The smallest absolute Gasteiger partial charge is 0 e. The summed E-state index contributed by atoms with van der Waals surface area (Å²) in [6.07, 6.45) is 1.31. The Balaban J connectivity index is -0.0000000910. The minimum absolute atomic E-state index is 0. The monoisotopic (exact) mass is 142 g/mol. The van der Waals surface area contributed by atoms with E-state index in [-0.39, 0.29) is 8.41 Å². The summed E-state index contributed by atoms with van der Waals surface area (Å²) in [5.74, 6) is 0.884. The number of nitrogens with two attached hydrogens (primary N) is 1. The van der Waals surface area contributed by atoms with Crippen molar-refractivity contribution in [2.75, 3.05) is 0 Å². The van der Waals surface area contributed by atoms with E-state index in [4.69, 9.17) is 5.73 Å². The van der Waals surface area contributed by atoms with E-state index in [0.717, 1.165) is 5.92 Å². The largest absolute Gasteiger partial charge is 0.328 e. The zero-order valence-electron chi connectivity index (χ0n) is 8.02. The average molecular weight is 142 g/mol. The number of hydrogen-bond acceptors (Lipinski definition) is 1. The molecule has 0 saturated heterocycles. The number of rotatable bonds is 1. The molecule has 0 aromatic carbocycles. The molecule has 1 nitrogen and oxygen atoms in total. The lowest BCUT2D eigenvalue weighted by Gasteiger charge is -1.90. The maximum atomic E-state index is 5.11. The maximum absolute atomic E-state index is 5.11. The third-order valence-corrected chi connectivity index (χ3v) is 0.816. The fourth-order valence-electron chi connectivity index (χ4n) is 0. The van der Waals surface area contributed by atoms with Crippen LogP contribution < -0.4 is 5.73 Å². The van der Waals surface area contributed by atoms with Gasteiger partial charge in [0.25, 0.3) is 0 Å². The van der Waals surface area contributed by atoms with E-state index in [1.54, 1.807) is 0 Å². The molecule has 0 amide bonds. The van der Waals surface area contributed by atoms with Crippen molar-refractivity contribution in [3.63, 3.8) is 0 Å². The molecule has 0 rings (SSSR count). The topological polar surface area (TPSA) is 26.0 Å². The van der Waals surface area contributed by atoms with Gasteiger partial charge >= 0.3 is 0 Å². The molecule has 10 heavy (non-hydrogen) atoms. The van der Waals surface area contributed by atoms with Gasteiger partial charge in [0.15, 0.2) is 0 Å². The van der Waals surface area contributed by atoms with Gasteiger partial charge in [0, 0.05) is 8.41 Å². The van der Waals surface area contributed by atoms with Crippen molar-refractivity contribution in [2.24, 2.45) is 11.7 Å². The van der Waals surface area contributed by atoms with Crippen LogP contribution in [0.4, 0.5) is 0 Å². The quantitative estimate of drug-likeness (QED) is 0.557. The molecule has 0 aromatic heterocycles. The second kappa shape index (κ2) is 11.8. The van der Waals surface area contributed by atoms with E-state index >= 15 is 0 Å². The van der Waals surface area contributed by atoms with Crippen molar-refractivity contribution in [1.82, 2.24) is 0 Å². The van der Waals surface area contributed by atoms with Crippen molar-refractivity contribution in [1.29, 1.82) is 0 Å². The normalized spacial score (nSPS) is 8.40. The van der Waals surface area contributed by atoms with Gasteiger partial charge in [-0.3, -0.25) is 0 Å². The molecule has 0 aliphatic heterocycles. The SMILES string of the molecule is CC(C)N.CCC(C)C.[B]. The van der Waals surface area contributed by atoms with Gasteiger partial charge in [0.1, 0.15) is 0 Å². The minimum atomic E-state index is 0. The summed E-state index contributed by atoms with van der Waals surface area (Å²) in [5, 5.41) is 0. The number of hydrogen-bond donors (Lipinski definition) is 1. The Morgan fingerprint density at radius 1 is 1.10 bits per heavy atom. The molecule has 2 heteroatoms. The fraction of sp³-hybridized carbons (Fsp3) is 1.00. The van der Waals surface area contributed by atoms with Crippen LogP contribution in [0.2, 0.25) is 0 Å². The summed E-state index contributed by atoms with van der Waals surface area (Å²) < 4.78 is 0. The van der Waals surface area contributed by atoms with Crippen LogP contribution in [0.15, 0.2) is 0 Å². The predicted octanol–water partition coefficient (Wildman–Crippen LogP) is 2.03. The summed E-state index contributed by atoms with van der Waals surface area (Å²) in [5.41, 5.74) is 5.11. The van der Waals surface area contributed by atoms with Crippen LogP contribution in [0.5, 0.6) is 0 Å². The van der Waals surface area contributed by atoms with Gasteiger partial charge in [0.2, 0.25) is 0 Å². The highest BCUT2D eigenvalue weighted by atomic mass is 14.6. The molecular formula is C8H21BN. The van der Waals surface area contributed by atoms with Crippen LogP contribution in [-0.4, -0.2) is 14.5 Å². The molecule has 0 bridgehead atoms. The van der Waals surface area contributed by atoms with Crippen molar-refractivity contribution in [3.8, 4) is 0 Å². The first kappa shape index (κ1) is 16.5. The molecule has 61 valence electrons. The highest BCUT2D eigenvalue weighted by Crippen LogP contribution is 1.93. The molecule has 3 radical (unpaired) electrons. The minimum Gasteiger partial charge on any atom is -0.328 e. The Morgan fingerprint density at radius 3 is 1.20 bits per heavy atom. The summed E-state index contributed by atoms with van der Waals surface area (Å²) in [7, 11) is 0. The van der Waals surface area contributed by atoms with Crippen LogP contribution in [0.25, 0.3) is 0 Å². The molecule has 0 aromatic rings. The van der Waals surface area contributed by atoms with Crippen molar-refractivity contribution < 1.29 is 0 Å². The van der Waals surface area contributed by atoms with Gasteiger partial charge < -0.3 is 5.73 Å². The summed E-state index contributed by atoms with van der Waals surface area (Å²) in [6.45, 7) is 10.5. The highest BCUT2D eigenvalue weighted by Gasteiger charge is 1.80. The molecule has 0 fully saturated rings. The van der Waals surface area contributed by atoms with E-state index < -0.39 is 0 Å². The molecular weight excluding hydrogens is 121 g/mol. The third-order valence-electron chi connectivity index (χ3n) is 0.816. The van der Waals surface area contributed by atoms with E-state index in [0.29, 0.717) is 6.04 Å². The summed E-state index contributed by atoms with van der Waals surface area (Å²) in [4.78, 5) is 0. The van der Waals surface area contributed by atoms with E-state index in [2.05, 4.69) is 20.8 Å². The first-order chi connectivity index (χ1) is 4.00. The fourth-order valence-corrected chi connectivity index (χ4v) is 0. The lowest BCUT2D eigenvalue weighted by Crippen LogP contribution is -2.06. The lowest BCUT2D eigenvalue weighted by atomic mass is 10.2. The lowest BCUT2D eigenvalue weighted by molar-refractivity contribution is 0.626. The first-order valence-corrected chi connectivity index (χ1v) is 3.76. The first-order valence-electron chi connectivity index (χ1n) is 3.76. The molecule has 0 saturated carbocycles. The van der Waals surface area contributed by atoms with Crippen LogP contribution in [0.3, 0.4) is 0 Å². The Labute approximate surface area is 68.0 Å². The zero-order chi connectivity index (χ0) is 7.86.